The minimum Gasteiger partial charge on any atom is -0.368 e. The maximum Gasteiger partial charge on any atom is 0.214 e. The van der Waals surface area contributed by atoms with Crippen molar-refractivity contribution in [2.75, 3.05) is 12.3 Å². The highest BCUT2D eigenvalue weighted by molar-refractivity contribution is 7.89. The summed E-state index contributed by atoms with van der Waals surface area (Å²) in [7, 11) is -3.31. The lowest BCUT2D eigenvalue weighted by molar-refractivity contribution is -0.0495. The molecule has 1 aliphatic heterocycles. The van der Waals surface area contributed by atoms with Crippen molar-refractivity contribution in [3.63, 3.8) is 0 Å². The Labute approximate surface area is 183 Å². The van der Waals surface area contributed by atoms with Crippen molar-refractivity contribution in [1.82, 2.24) is 4.31 Å². The van der Waals surface area contributed by atoms with Gasteiger partial charge in [0.15, 0.2) is 6.29 Å². The zero-order chi connectivity index (χ0) is 21.6. The average Bonchev–Trinajstić information content (AvgIpc) is 3.13. The summed E-state index contributed by atoms with van der Waals surface area (Å²) in [6.07, 6.45) is 16.7. The molecule has 2 aliphatic carbocycles. The quantitative estimate of drug-likeness (QED) is 0.373. The number of sulfonamides is 1. The van der Waals surface area contributed by atoms with Gasteiger partial charge in [0.1, 0.15) is 0 Å². The number of allylic oxidation sites excluding steroid dienone is 2. The summed E-state index contributed by atoms with van der Waals surface area (Å²) in [5.41, 5.74) is 0. The Morgan fingerprint density at radius 2 is 1.80 bits per heavy atom. The van der Waals surface area contributed by atoms with E-state index in [4.69, 9.17) is 0 Å². The third-order valence-electron chi connectivity index (χ3n) is 7.79. The van der Waals surface area contributed by atoms with Gasteiger partial charge in [0.05, 0.1) is 5.75 Å². The smallest absolute Gasteiger partial charge is 0.214 e. The summed E-state index contributed by atoms with van der Waals surface area (Å²) >= 11 is 0. The predicted octanol–water partition coefficient (Wildman–Crippen LogP) is 4.23. The molecule has 1 saturated heterocycles. The molecule has 1 saturated carbocycles. The second-order valence-electron chi connectivity index (χ2n) is 9.69. The first-order valence-electron chi connectivity index (χ1n) is 12.0. The molecular weight excluding hydrogens is 398 g/mol. The average molecular weight is 440 g/mol. The van der Waals surface area contributed by atoms with Gasteiger partial charge < -0.3 is 10.2 Å². The van der Waals surface area contributed by atoms with Crippen molar-refractivity contribution < 1.29 is 18.6 Å². The molecule has 0 aromatic rings. The summed E-state index contributed by atoms with van der Waals surface area (Å²) < 4.78 is 28.6. The highest BCUT2D eigenvalue weighted by Crippen LogP contribution is 2.42. The predicted molar refractivity (Wildman–Crippen MR) is 121 cm³/mol. The molecule has 6 heteroatoms. The number of rotatable bonds is 11. The van der Waals surface area contributed by atoms with Crippen LogP contribution in [0.15, 0.2) is 24.8 Å². The van der Waals surface area contributed by atoms with Gasteiger partial charge in [0.2, 0.25) is 10.0 Å². The van der Waals surface area contributed by atoms with Gasteiger partial charge in [-0.05, 0) is 68.6 Å². The second-order valence-corrected chi connectivity index (χ2v) is 11.7. The maximum absolute atomic E-state index is 13.4. The van der Waals surface area contributed by atoms with Crippen molar-refractivity contribution in [2.24, 2.45) is 23.7 Å². The first kappa shape index (κ1) is 24.0. The van der Waals surface area contributed by atoms with Gasteiger partial charge >= 0.3 is 0 Å². The molecule has 0 amide bonds. The van der Waals surface area contributed by atoms with Crippen LogP contribution in [0.5, 0.6) is 0 Å². The lowest BCUT2D eigenvalue weighted by Gasteiger charge is -2.32. The van der Waals surface area contributed by atoms with Crippen LogP contribution >= 0.6 is 0 Å². The molecule has 172 valence electrons. The Balaban J connectivity index is 1.65. The number of fused-ring (bicyclic) bond motifs is 1. The van der Waals surface area contributed by atoms with Crippen molar-refractivity contribution in [1.29, 1.82) is 0 Å². The van der Waals surface area contributed by atoms with Gasteiger partial charge in [-0.2, -0.15) is 4.31 Å². The molecule has 3 aliphatic rings. The topological polar surface area (TPSA) is 77.8 Å². The minimum absolute atomic E-state index is 0.0436. The fraction of sp³-hybridized carbons (Fsp3) is 0.833. The van der Waals surface area contributed by atoms with E-state index in [9.17, 15) is 18.6 Å². The minimum atomic E-state index is -3.31. The number of hydrogen-bond acceptors (Lipinski definition) is 4. The zero-order valence-electron chi connectivity index (χ0n) is 18.4. The van der Waals surface area contributed by atoms with Gasteiger partial charge in [-0.1, -0.05) is 50.3 Å². The summed E-state index contributed by atoms with van der Waals surface area (Å²) in [5.74, 6) is 1.90. The van der Waals surface area contributed by atoms with Crippen LogP contribution in [-0.2, 0) is 10.0 Å². The molecule has 4 unspecified atom stereocenters. The van der Waals surface area contributed by atoms with E-state index < -0.39 is 16.3 Å². The Morgan fingerprint density at radius 1 is 1.07 bits per heavy atom. The third-order valence-corrected chi connectivity index (χ3v) is 9.68. The van der Waals surface area contributed by atoms with E-state index in [0.717, 1.165) is 32.1 Å². The SMILES string of the molecule is C=CCCC(CCS(=O)(=O)N1CC(CCC(O)O)C2CC=CCC21)C1CCCCC1. The molecule has 0 bridgehead atoms. The van der Waals surface area contributed by atoms with Crippen LogP contribution in [0.3, 0.4) is 0 Å². The van der Waals surface area contributed by atoms with E-state index in [1.54, 1.807) is 4.31 Å². The number of aliphatic hydroxyl groups excluding tert-OH is 1. The Hall–Kier alpha value is -0.690. The molecule has 5 nitrogen and oxygen atoms in total. The van der Waals surface area contributed by atoms with Crippen molar-refractivity contribution in [3.05, 3.63) is 24.8 Å². The van der Waals surface area contributed by atoms with Gasteiger partial charge in [-0.3, -0.25) is 0 Å². The van der Waals surface area contributed by atoms with E-state index in [1.807, 2.05) is 6.08 Å². The maximum atomic E-state index is 13.4. The number of aliphatic hydroxyl groups is 2. The fourth-order valence-electron chi connectivity index (χ4n) is 6.12. The van der Waals surface area contributed by atoms with Crippen LogP contribution in [0.25, 0.3) is 0 Å². The van der Waals surface area contributed by atoms with Crippen molar-refractivity contribution in [2.45, 2.75) is 89.4 Å². The zero-order valence-corrected chi connectivity index (χ0v) is 19.2. The molecule has 0 spiro atoms. The lowest BCUT2D eigenvalue weighted by Crippen LogP contribution is -2.40. The summed E-state index contributed by atoms with van der Waals surface area (Å²) in [4.78, 5) is 0. The van der Waals surface area contributed by atoms with E-state index in [1.165, 1.54) is 32.1 Å². The molecule has 2 N–H and O–H groups in total. The van der Waals surface area contributed by atoms with Crippen LogP contribution in [0.4, 0.5) is 0 Å². The molecule has 30 heavy (non-hydrogen) atoms. The lowest BCUT2D eigenvalue weighted by atomic mass is 9.77. The van der Waals surface area contributed by atoms with Gasteiger partial charge in [0, 0.05) is 12.6 Å². The Morgan fingerprint density at radius 3 is 2.50 bits per heavy atom. The van der Waals surface area contributed by atoms with Crippen molar-refractivity contribution >= 4 is 10.0 Å². The van der Waals surface area contributed by atoms with Crippen LogP contribution < -0.4 is 0 Å². The molecule has 1 heterocycles. The molecule has 2 fully saturated rings. The molecule has 0 radical (unpaired) electrons. The largest absolute Gasteiger partial charge is 0.368 e. The van der Waals surface area contributed by atoms with E-state index in [2.05, 4.69) is 18.7 Å². The summed E-state index contributed by atoms with van der Waals surface area (Å²) in [6, 6.07) is 0.0436. The van der Waals surface area contributed by atoms with E-state index in [0.29, 0.717) is 37.1 Å². The van der Waals surface area contributed by atoms with Crippen LogP contribution in [0.2, 0.25) is 0 Å². The Kier molecular flexibility index (Phi) is 8.99. The molecule has 4 atom stereocenters. The van der Waals surface area contributed by atoms with Crippen LogP contribution in [0, 0.1) is 23.7 Å². The van der Waals surface area contributed by atoms with Gasteiger partial charge in [-0.25, -0.2) is 8.42 Å². The van der Waals surface area contributed by atoms with E-state index >= 15 is 0 Å². The molecule has 3 rings (SSSR count). The molecular formula is C24H41NO4S. The number of hydrogen-bond donors (Lipinski definition) is 2. The highest BCUT2D eigenvalue weighted by atomic mass is 32.2. The van der Waals surface area contributed by atoms with Crippen LogP contribution in [-0.4, -0.2) is 47.6 Å². The number of nitrogens with zero attached hydrogens (tertiary/aromatic N) is 1. The summed E-state index contributed by atoms with van der Waals surface area (Å²) in [5, 5.41) is 18.6. The molecule has 0 aromatic carbocycles. The first-order chi connectivity index (χ1) is 14.4. The van der Waals surface area contributed by atoms with E-state index in [-0.39, 0.29) is 17.7 Å². The highest BCUT2D eigenvalue weighted by Gasteiger charge is 2.46. The molecule has 0 aromatic heterocycles. The standard InChI is InChI=1S/C24H41NO4S/c1-2-3-9-20(19-10-5-4-6-11-19)16-17-30(28,29)25-18-21(14-15-24(26)27)22-12-7-8-13-23(22)25/h2,7-8,19-24,26-27H,1,3-6,9-18H2. The second kappa shape index (κ2) is 11.3. The third kappa shape index (κ3) is 6.18. The fourth-order valence-corrected chi connectivity index (χ4v) is 8.03. The van der Waals surface area contributed by atoms with Crippen LogP contribution in [0.1, 0.15) is 77.0 Å². The monoisotopic (exact) mass is 439 g/mol. The van der Waals surface area contributed by atoms with Gasteiger partial charge in [0.25, 0.3) is 0 Å². The Bertz CT molecular complexity index is 669. The van der Waals surface area contributed by atoms with Crippen molar-refractivity contribution in [3.8, 4) is 0 Å². The summed E-state index contributed by atoms with van der Waals surface area (Å²) in [6.45, 7) is 4.40. The normalized spacial score (nSPS) is 29.2. The first-order valence-corrected chi connectivity index (χ1v) is 13.6. The van der Waals surface area contributed by atoms with Gasteiger partial charge in [-0.15, -0.1) is 6.58 Å².